The molecule has 0 radical (unpaired) electrons. The van der Waals surface area contributed by atoms with E-state index in [1.54, 1.807) is 18.5 Å². The number of fused-ring (bicyclic) bond motifs is 1. The van der Waals surface area contributed by atoms with E-state index < -0.39 is 5.60 Å². The van der Waals surface area contributed by atoms with Crippen molar-refractivity contribution < 1.29 is 5.11 Å². The molecule has 22 heavy (non-hydrogen) atoms. The molecule has 1 aromatic carbocycles. The van der Waals surface area contributed by atoms with Crippen LogP contribution in [0.3, 0.4) is 0 Å². The van der Waals surface area contributed by atoms with Gasteiger partial charge in [-0.3, -0.25) is 9.36 Å². The SMILES string of the molecule is Cc1ccccc1-n1ncc2c(=O)n(CC(C)(C)O)cnc21. The molecule has 0 aliphatic rings. The topological polar surface area (TPSA) is 72.9 Å². The number of aryl methyl sites for hydroxylation is 1. The van der Waals surface area contributed by atoms with Gasteiger partial charge in [-0.25, -0.2) is 9.67 Å². The highest BCUT2D eigenvalue weighted by molar-refractivity contribution is 5.75. The number of hydrogen-bond acceptors (Lipinski definition) is 4. The fraction of sp³-hybridized carbons (Fsp3) is 0.312. The monoisotopic (exact) mass is 298 g/mol. The summed E-state index contributed by atoms with van der Waals surface area (Å²) in [6.07, 6.45) is 2.98. The summed E-state index contributed by atoms with van der Waals surface area (Å²) in [5.74, 6) is 0. The first-order valence-corrected chi connectivity index (χ1v) is 7.08. The molecule has 0 aliphatic carbocycles. The number of hydrogen-bond donors (Lipinski definition) is 1. The van der Waals surface area contributed by atoms with Crippen LogP contribution in [0.15, 0.2) is 41.6 Å². The van der Waals surface area contributed by atoms with Crippen LogP contribution in [0.5, 0.6) is 0 Å². The first-order valence-electron chi connectivity index (χ1n) is 7.08. The van der Waals surface area contributed by atoms with Crippen LogP contribution >= 0.6 is 0 Å². The van der Waals surface area contributed by atoms with E-state index in [0.717, 1.165) is 11.3 Å². The molecule has 0 unspecified atom stereocenters. The highest BCUT2D eigenvalue weighted by Gasteiger charge is 2.17. The Bertz CT molecular complexity index is 887. The standard InChI is InChI=1S/C16H18N4O2/c1-11-6-4-5-7-13(11)20-14-12(8-18-20)15(21)19(10-17-14)9-16(2,3)22/h4-8,10,22H,9H2,1-3H3. The molecule has 0 bridgehead atoms. The lowest BCUT2D eigenvalue weighted by atomic mass is 10.1. The van der Waals surface area contributed by atoms with Crippen LogP contribution in [0.2, 0.25) is 0 Å². The molecule has 0 amide bonds. The second kappa shape index (κ2) is 5.06. The summed E-state index contributed by atoms with van der Waals surface area (Å²) >= 11 is 0. The minimum Gasteiger partial charge on any atom is -0.389 e. The zero-order valence-corrected chi connectivity index (χ0v) is 12.8. The van der Waals surface area contributed by atoms with E-state index >= 15 is 0 Å². The third-order valence-corrected chi connectivity index (χ3v) is 3.46. The van der Waals surface area contributed by atoms with E-state index in [0.29, 0.717) is 11.0 Å². The van der Waals surface area contributed by atoms with Gasteiger partial charge in [0.2, 0.25) is 0 Å². The van der Waals surface area contributed by atoms with Crippen LogP contribution in [0.1, 0.15) is 19.4 Å². The summed E-state index contributed by atoms with van der Waals surface area (Å²) in [7, 11) is 0. The van der Waals surface area contributed by atoms with Crippen LogP contribution < -0.4 is 5.56 Å². The Hall–Kier alpha value is -2.47. The molecule has 1 N–H and O–H groups in total. The highest BCUT2D eigenvalue weighted by atomic mass is 16.3. The van der Waals surface area contributed by atoms with Gasteiger partial charge >= 0.3 is 0 Å². The largest absolute Gasteiger partial charge is 0.389 e. The van der Waals surface area contributed by atoms with Crippen molar-refractivity contribution in [1.29, 1.82) is 0 Å². The van der Waals surface area contributed by atoms with Crippen molar-refractivity contribution >= 4 is 11.0 Å². The maximum Gasteiger partial charge on any atom is 0.264 e. The molecule has 0 fully saturated rings. The number of para-hydroxylation sites is 1. The lowest BCUT2D eigenvalue weighted by Gasteiger charge is -2.18. The van der Waals surface area contributed by atoms with Crippen LogP contribution in [0.4, 0.5) is 0 Å². The van der Waals surface area contributed by atoms with E-state index in [4.69, 9.17) is 0 Å². The van der Waals surface area contributed by atoms with Gasteiger partial charge in [0.05, 0.1) is 24.0 Å². The molecule has 0 saturated carbocycles. The fourth-order valence-electron chi connectivity index (χ4n) is 2.46. The van der Waals surface area contributed by atoms with Gasteiger partial charge in [-0.15, -0.1) is 0 Å². The number of aliphatic hydroxyl groups is 1. The molecular weight excluding hydrogens is 280 g/mol. The van der Waals surface area contributed by atoms with E-state index in [9.17, 15) is 9.90 Å². The van der Waals surface area contributed by atoms with Gasteiger partial charge in [-0.05, 0) is 32.4 Å². The van der Waals surface area contributed by atoms with Gasteiger partial charge < -0.3 is 5.11 Å². The number of aromatic nitrogens is 4. The minimum absolute atomic E-state index is 0.185. The molecule has 6 nitrogen and oxygen atoms in total. The summed E-state index contributed by atoms with van der Waals surface area (Å²) in [6.45, 7) is 5.48. The van der Waals surface area contributed by atoms with Crippen molar-refractivity contribution in [2.24, 2.45) is 0 Å². The van der Waals surface area contributed by atoms with Crippen LogP contribution in [-0.4, -0.2) is 30.0 Å². The number of nitrogens with zero attached hydrogens (tertiary/aromatic N) is 4. The maximum atomic E-state index is 12.5. The van der Waals surface area contributed by atoms with E-state index in [-0.39, 0.29) is 12.1 Å². The Morgan fingerprint density at radius 1 is 1.27 bits per heavy atom. The first kappa shape index (κ1) is 14.5. The Balaban J connectivity index is 2.17. The Kier molecular flexibility index (Phi) is 3.33. The Labute approximate surface area is 127 Å². The fourth-order valence-corrected chi connectivity index (χ4v) is 2.46. The lowest BCUT2D eigenvalue weighted by Crippen LogP contribution is -2.32. The van der Waals surface area contributed by atoms with Crippen molar-refractivity contribution in [1.82, 2.24) is 19.3 Å². The van der Waals surface area contributed by atoms with Gasteiger partial charge in [-0.1, -0.05) is 18.2 Å². The second-order valence-electron chi connectivity index (χ2n) is 6.07. The Morgan fingerprint density at radius 2 is 2.00 bits per heavy atom. The highest BCUT2D eigenvalue weighted by Crippen LogP contribution is 2.17. The predicted molar refractivity (Wildman–Crippen MR) is 84.2 cm³/mol. The van der Waals surface area contributed by atoms with Crippen molar-refractivity contribution in [3.05, 3.63) is 52.7 Å². The normalized spacial score (nSPS) is 12.0. The summed E-state index contributed by atoms with van der Waals surface area (Å²) in [5, 5.41) is 14.6. The molecule has 0 aliphatic heterocycles. The van der Waals surface area contributed by atoms with E-state index in [2.05, 4.69) is 10.1 Å². The molecule has 114 valence electrons. The summed E-state index contributed by atoms with van der Waals surface area (Å²) in [5.41, 5.74) is 1.28. The summed E-state index contributed by atoms with van der Waals surface area (Å²) in [6, 6.07) is 7.80. The average Bonchev–Trinajstić information content (AvgIpc) is 2.86. The second-order valence-corrected chi connectivity index (χ2v) is 6.07. The van der Waals surface area contributed by atoms with Gasteiger partial charge in [0, 0.05) is 0 Å². The molecule has 3 rings (SSSR count). The minimum atomic E-state index is -0.981. The quantitative estimate of drug-likeness (QED) is 0.798. The Morgan fingerprint density at radius 3 is 2.68 bits per heavy atom. The molecule has 0 saturated heterocycles. The molecule has 0 atom stereocenters. The first-order chi connectivity index (χ1) is 10.4. The van der Waals surface area contributed by atoms with E-state index in [1.807, 2.05) is 31.2 Å². The average molecular weight is 298 g/mol. The summed E-state index contributed by atoms with van der Waals surface area (Å²) < 4.78 is 3.08. The number of benzene rings is 1. The van der Waals surface area contributed by atoms with Crippen molar-refractivity contribution in [3.63, 3.8) is 0 Å². The van der Waals surface area contributed by atoms with Crippen molar-refractivity contribution in [2.75, 3.05) is 0 Å². The predicted octanol–water partition coefficient (Wildman–Crippen LogP) is 1.66. The van der Waals surface area contributed by atoms with E-state index in [1.165, 1.54) is 17.1 Å². The molecule has 2 aromatic heterocycles. The van der Waals surface area contributed by atoms with Crippen molar-refractivity contribution in [3.8, 4) is 5.69 Å². The lowest BCUT2D eigenvalue weighted by molar-refractivity contribution is 0.0603. The molecular formula is C16H18N4O2. The molecule has 6 heteroatoms. The third-order valence-electron chi connectivity index (χ3n) is 3.46. The van der Waals surface area contributed by atoms with Crippen LogP contribution in [0, 0.1) is 6.92 Å². The molecule has 2 heterocycles. The van der Waals surface area contributed by atoms with Gasteiger partial charge in [0.25, 0.3) is 5.56 Å². The van der Waals surface area contributed by atoms with Gasteiger partial charge in [-0.2, -0.15) is 5.10 Å². The molecule has 0 spiro atoms. The third kappa shape index (κ3) is 2.53. The smallest absolute Gasteiger partial charge is 0.264 e. The zero-order valence-electron chi connectivity index (χ0n) is 12.8. The van der Waals surface area contributed by atoms with Crippen LogP contribution in [0.25, 0.3) is 16.7 Å². The number of rotatable bonds is 3. The van der Waals surface area contributed by atoms with Crippen molar-refractivity contribution in [2.45, 2.75) is 32.9 Å². The van der Waals surface area contributed by atoms with Gasteiger partial charge in [0.1, 0.15) is 11.7 Å². The zero-order chi connectivity index (χ0) is 15.9. The maximum absolute atomic E-state index is 12.5. The van der Waals surface area contributed by atoms with Gasteiger partial charge in [0.15, 0.2) is 5.65 Å². The van der Waals surface area contributed by atoms with Crippen LogP contribution in [-0.2, 0) is 6.54 Å². The summed E-state index contributed by atoms with van der Waals surface area (Å²) in [4.78, 5) is 16.9. The molecule has 3 aromatic rings.